The average Bonchev–Trinajstić information content (AvgIpc) is 2.67. The molecule has 2 heteroatoms. The number of rotatable bonds is 2. The van der Waals surface area contributed by atoms with Crippen LogP contribution in [0, 0.1) is 0 Å². The van der Waals surface area contributed by atoms with Gasteiger partial charge in [0.1, 0.15) is 5.75 Å². The minimum absolute atomic E-state index is 0.643. The van der Waals surface area contributed by atoms with Crippen molar-refractivity contribution in [3.63, 3.8) is 0 Å². The molecule has 0 unspecified atom stereocenters. The van der Waals surface area contributed by atoms with Crippen molar-refractivity contribution in [2.75, 3.05) is 12.3 Å². The molecule has 0 saturated heterocycles. The molecule has 0 bridgehead atoms. The number of fused-ring (bicyclic) bond motifs is 3. The van der Waals surface area contributed by atoms with Crippen LogP contribution in [-0.4, -0.2) is 6.61 Å². The fourth-order valence-corrected chi connectivity index (χ4v) is 2.46. The molecule has 3 rings (SSSR count). The number of anilines is 1. The molecule has 0 heterocycles. The number of hydrogen-bond donors (Lipinski definition) is 1. The summed E-state index contributed by atoms with van der Waals surface area (Å²) in [5, 5.41) is 0. The van der Waals surface area contributed by atoms with Crippen molar-refractivity contribution in [1.29, 1.82) is 0 Å². The first-order valence-electron chi connectivity index (χ1n) is 5.93. The van der Waals surface area contributed by atoms with E-state index in [2.05, 4.69) is 30.3 Å². The minimum atomic E-state index is 0.643. The average molecular weight is 225 g/mol. The van der Waals surface area contributed by atoms with Gasteiger partial charge in [0.05, 0.1) is 12.3 Å². The maximum atomic E-state index is 5.99. The quantitative estimate of drug-likeness (QED) is 0.679. The number of ether oxygens (including phenoxy) is 1. The van der Waals surface area contributed by atoms with Gasteiger partial charge in [0.15, 0.2) is 0 Å². The molecule has 17 heavy (non-hydrogen) atoms. The molecule has 2 aromatic rings. The van der Waals surface area contributed by atoms with Gasteiger partial charge in [-0.2, -0.15) is 0 Å². The standard InChI is InChI=1S/C15H15NO/c1-2-17-15-9-13-11(8-14(15)16)7-10-5-3-4-6-12(10)13/h3-6,8-9H,2,7,16H2,1H3. The van der Waals surface area contributed by atoms with Crippen molar-refractivity contribution >= 4 is 5.69 Å². The molecule has 1 aliphatic carbocycles. The van der Waals surface area contributed by atoms with E-state index in [-0.39, 0.29) is 0 Å². The van der Waals surface area contributed by atoms with E-state index in [9.17, 15) is 0 Å². The van der Waals surface area contributed by atoms with Gasteiger partial charge in [0, 0.05) is 0 Å². The highest BCUT2D eigenvalue weighted by Crippen LogP contribution is 2.40. The van der Waals surface area contributed by atoms with Crippen LogP contribution in [0.15, 0.2) is 36.4 Å². The van der Waals surface area contributed by atoms with Crippen molar-refractivity contribution in [3.05, 3.63) is 47.5 Å². The maximum absolute atomic E-state index is 5.99. The van der Waals surface area contributed by atoms with Crippen LogP contribution in [0.4, 0.5) is 5.69 Å². The van der Waals surface area contributed by atoms with Gasteiger partial charge >= 0.3 is 0 Å². The third-order valence-corrected chi connectivity index (χ3v) is 3.22. The molecule has 2 nitrogen and oxygen atoms in total. The van der Waals surface area contributed by atoms with Crippen LogP contribution in [0.3, 0.4) is 0 Å². The number of nitrogens with two attached hydrogens (primary N) is 1. The zero-order chi connectivity index (χ0) is 11.8. The smallest absolute Gasteiger partial charge is 0.142 e. The predicted octanol–water partition coefficient (Wildman–Crippen LogP) is 3.24. The Morgan fingerprint density at radius 3 is 2.76 bits per heavy atom. The Balaban J connectivity index is 2.15. The first kappa shape index (κ1) is 10.2. The van der Waals surface area contributed by atoms with Crippen LogP contribution < -0.4 is 10.5 Å². The van der Waals surface area contributed by atoms with Crippen molar-refractivity contribution in [1.82, 2.24) is 0 Å². The lowest BCUT2D eigenvalue weighted by atomic mass is 10.1. The summed E-state index contributed by atoms with van der Waals surface area (Å²) in [6.07, 6.45) is 0.974. The van der Waals surface area contributed by atoms with Gasteiger partial charge in [-0.3, -0.25) is 0 Å². The van der Waals surface area contributed by atoms with E-state index < -0.39 is 0 Å². The summed E-state index contributed by atoms with van der Waals surface area (Å²) >= 11 is 0. The van der Waals surface area contributed by atoms with E-state index >= 15 is 0 Å². The Labute approximate surface area is 101 Å². The highest BCUT2D eigenvalue weighted by molar-refractivity contribution is 5.80. The molecular formula is C15H15NO. The summed E-state index contributed by atoms with van der Waals surface area (Å²) in [6.45, 7) is 2.62. The molecule has 0 fully saturated rings. The van der Waals surface area contributed by atoms with Crippen molar-refractivity contribution < 1.29 is 4.74 Å². The summed E-state index contributed by atoms with van der Waals surface area (Å²) in [5.74, 6) is 0.794. The summed E-state index contributed by atoms with van der Waals surface area (Å²) in [5.41, 5.74) is 12.0. The third-order valence-electron chi connectivity index (χ3n) is 3.22. The molecule has 2 aromatic carbocycles. The van der Waals surface area contributed by atoms with Gasteiger partial charge in [-0.15, -0.1) is 0 Å². The fourth-order valence-electron chi connectivity index (χ4n) is 2.46. The van der Waals surface area contributed by atoms with Gasteiger partial charge in [-0.25, -0.2) is 0 Å². The maximum Gasteiger partial charge on any atom is 0.142 e. The fraction of sp³-hybridized carbons (Fsp3) is 0.200. The monoisotopic (exact) mass is 225 g/mol. The van der Waals surface area contributed by atoms with E-state index in [1.165, 1.54) is 22.3 Å². The van der Waals surface area contributed by atoms with Crippen molar-refractivity contribution in [2.24, 2.45) is 0 Å². The van der Waals surface area contributed by atoms with Crippen LogP contribution >= 0.6 is 0 Å². The largest absolute Gasteiger partial charge is 0.492 e. The van der Waals surface area contributed by atoms with Crippen molar-refractivity contribution in [3.8, 4) is 16.9 Å². The Bertz CT molecular complexity index is 575. The molecule has 1 aliphatic rings. The highest BCUT2D eigenvalue weighted by Gasteiger charge is 2.19. The van der Waals surface area contributed by atoms with Crippen LogP contribution in [0.2, 0.25) is 0 Å². The highest BCUT2D eigenvalue weighted by atomic mass is 16.5. The molecule has 0 saturated carbocycles. The van der Waals surface area contributed by atoms with Crippen LogP contribution in [0.5, 0.6) is 5.75 Å². The van der Waals surface area contributed by atoms with Gasteiger partial charge in [-0.1, -0.05) is 24.3 Å². The number of benzene rings is 2. The first-order valence-corrected chi connectivity index (χ1v) is 5.93. The predicted molar refractivity (Wildman–Crippen MR) is 70.3 cm³/mol. The van der Waals surface area contributed by atoms with Crippen LogP contribution in [0.1, 0.15) is 18.1 Å². The number of hydrogen-bond acceptors (Lipinski definition) is 2. The van der Waals surface area contributed by atoms with E-state index in [1.54, 1.807) is 0 Å². The SMILES string of the molecule is CCOc1cc2c(cc1N)Cc1ccccc1-2. The third kappa shape index (κ3) is 1.57. The lowest BCUT2D eigenvalue weighted by molar-refractivity contribution is 0.342. The second kappa shape index (κ2) is 3.81. The molecule has 86 valence electrons. The zero-order valence-corrected chi connectivity index (χ0v) is 9.86. The van der Waals surface area contributed by atoms with Crippen LogP contribution in [-0.2, 0) is 6.42 Å². The zero-order valence-electron chi connectivity index (χ0n) is 9.86. The van der Waals surface area contributed by atoms with Gasteiger partial charge < -0.3 is 10.5 Å². The molecule has 0 amide bonds. The number of nitrogen functional groups attached to an aromatic ring is 1. The molecule has 0 atom stereocenters. The van der Waals surface area contributed by atoms with Crippen molar-refractivity contribution in [2.45, 2.75) is 13.3 Å². The second-order valence-corrected chi connectivity index (χ2v) is 4.31. The summed E-state index contributed by atoms with van der Waals surface area (Å²) in [7, 11) is 0. The molecule has 0 radical (unpaired) electrons. The molecular weight excluding hydrogens is 210 g/mol. The Kier molecular flexibility index (Phi) is 2.29. The normalized spacial score (nSPS) is 12.1. The Morgan fingerprint density at radius 1 is 1.12 bits per heavy atom. The summed E-state index contributed by atoms with van der Waals surface area (Å²) in [6, 6.07) is 12.6. The summed E-state index contributed by atoms with van der Waals surface area (Å²) in [4.78, 5) is 0. The molecule has 0 aromatic heterocycles. The van der Waals surface area contributed by atoms with Crippen LogP contribution in [0.25, 0.3) is 11.1 Å². The van der Waals surface area contributed by atoms with Gasteiger partial charge in [0.2, 0.25) is 0 Å². The van der Waals surface area contributed by atoms with E-state index in [0.717, 1.165) is 17.9 Å². The topological polar surface area (TPSA) is 35.2 Å². The van der Waals surface area contributed by atoms with E-state index in [4.69, 9.17) is 10.5 Å². The summed E-state index contributed by atoms with van der Waals surface area (Å²) < 4.78 is 5.55. The van der Waals surface area contributed by atoms with E-state index in [1.807, 2.05) is 13.0 Å². The lowest BCUT2D eigenvalue weighted by Crippen LogP contribution is -1.98. The first-order chi connectivity index (χ1) is 8.29. The van der Waals surface area contributed by atoms with E-state index in [0.29, 0.717) is 6.61 Å². The van der Waals surface area contributed by atoms with Gasteiger partial charge in [0.25, 0.3) is 0 Å². The Hall–Kier alpha value is -1.96. The van der Waals surface area contributed by atoms with Gasteiger partial charge in [-0.05, 0) is 47.7 Å². The lowest BCUT2D eigenvalue weighted by Gasteiger charge is -2.09. The Morgan fingerprint density at radius 2 is 1.94 bits per heavy atom. The second-order valence-electron chi connectivity index (χ2n) is 4.31. The molecule has 0 spiro atoms. The molecule has 0 aliphatic heterocycles. The minimum Gasteiger partial charge on any atom is -0.492 e. The molecule has 2 N–H and O–H groups in total.